The largest absolute Gasteiger partial charge is 0.462 e. The molecular formula is C48H90O5S. The second-order valence-electron chi connectivity index (χ2n) is 17.0. The summed E-state index contributed by atoms with van der Waals surface area (Å²) in [6.07, 6.45) is 37.8. The highest BCUT2D eigenvalue weighted by Gasteiger charge is 2.27. The topological polar surface area (TPSA) is 69.7 Å². The maximum Gasteiger partial charge on any atom is 0.306 e. The van der Waals surface area contributed by atoms with Gasteiger partial charge in [-0.05, 0) is 109 Å². The van der Waals surface area contributed by atoms with E-state index in [9.17, 15) is 14.4 Å². The van der Waals surface area contributed by atoms with Crippen LogP contribution in [0.15, 0.2) is 0 Å². The number of hydrogen-bond donors (Lipinski definition) is 0. The Morgan fingerprint density at radius 1 is 0.463 bits per heavy atom. The summed E-state index contributed by atoms with van der Waals surface area (Å²) in [6.45, 7) is 11.3. The standard InChI is InChI=1S/C48H90O5S/c1-6-11-15-19-23-31-43(32-24-20-16-12-7-2)52-46(49)35-27-29-42(48(51)54-45-39-37-41(10-5)38-40-45)30-28-36-47(50)53-44(33-25-21-17-13-8-3)34-26-22-18-14-9-4/h41-45H,6-40H2,1-5H3. The molecule has 6 heteroatoms. The van der Waals surface area contributed by atoms with Gasteiger partial charge < -0.3 is 9.47 Å². The molecule has 0 radical (unpaired) electrons. The molecule has 5 nitrogen and oxygen atoms in total. The molecule has 0 aromatic rings. The second-order valence-corrected chi connectivity index (χ2v) is 18.3. The van der Waals surface area contributed by atoms with Crippen molar-refractivity contribution < 1.29 is 23.9 Å². The average Bonchev–Trinajstić information content (AvgIpc) is 3.16. The van der Waals surface area contributed by atoms with Gasteiger partial charge in [-0.3, -0.25) is 14.4 Å². The summed E-state index contributed by atoms with van der Waals surface area (Å²) in [7, 11) is 0. The average molecular weight is 779 g/mol. The number of rotatable bonds is 37. The lowest BCUT2D eigenvalue weighted by atomic mass is 9.87. The van der Waals surface area contributed by atoms with Crippen LogP contribution in [0.2, 0.25) is 0 Å². The van der Waals surface area contributed by atoms with Gasteiger partial charge in [-0.15, -0.1) is 0 Å². The lowest BCUT2D eigenvalue weighted by Gasteiger charge is -2.28. The van der Waals surface area contributed by atoms with Crippen LogP contribution in [0.4, 0.5) is 0 Å². The van der Waals surface area contributed by atoms with E-state index in [-0.39, 0.29) is 35.2 Å². The monoisotopic (exact) mass is 779 g/mol. The van der Waals surface area contributed by atoms with Crippen molar-refractivity contribution in [2.75, 3.05) is 0 Å². The van der Waals surface area contributed by atoms with Gasteiger partial charge in [-0.2, -0.15) is 0 Å². The predicted octanol–water partition coefficient (Wildman–Crippen LogP) is 15.4. The molecule has 0 heterocycles. The van der Waals surface area contributed by atoms with Crippen molar-refractivity contribution in [2.45, 2.75) is 277 Å². The number of carbonyl (C=O) groups excluding carboxylic acids is 3. The minimum absolute atomic E-state index is 0.0227. The molecule has 0 aromatic carbocycles. The quantitative estimate of drug-likeness (QED) is 0.0462. The summed E-state index contributed by atoms with van der Waals surface area (Å²) >= 11 is 1.57. The Morgan fingerprint density at radius 3 is 1.15 bits per heavy atom. The van der Waals surface area contributed by atoms with Crippen LogP contribution in [0, 0.1) is 11.8 Å². The van der Waals surface area contributed by atoms with Gasteiger partial charge in [0.1, 0.15) is 12.2 Å². The molecule has 0 atom stereocenters. The number of hydrogen-bond acceptors (Lipinski definition) is 6. The molecule has 0 unspecified atom stereocenters. The van der Waals surface area contributed by atoms with Gasteiger partial charge in [0, 0.05) is 24.0 Å². The first kappa shape index (κ1) is 51.0. The third-order valence-corrected chi connectivity index (χ3v) is 13.3. The van der Waals surface area contributed by atoms with E-state index < -0.39 is 0 Å². The fourth-order valence-electron chi connectivity index (χ4n) is 8.20. The SMILES string of the molecule is CCCCCCCC(CCCCCCC)OC(=O)CCCC(CCCC(=O)OC(CCCCCCC)CCCCCCC)C(=O)SC1CCC(CC)CC1. The Labute approximate surface area is 340 Å². The zero-order valence-electron chi connectivity index (χ0n) is 36.6. The summed E-state index contributed by atoms with van der Waals surface area (Å²) in [6, 6.07) is 0. The molecule has 0 bridgehead atoms. The molecule has 1 fully saturated rings. The van der Waals surface area contributed by atoms with Crippen LogP contribution in [0.3, 0.4) is 0 Å². The Hall–Kier alpha value is -1.04. The number of unbranched alkanes of at least 4 members (excludes halogenated alkanes) is 16. The first-order chi connectivity index (χ1) is 26.4. The molecule has 1 saturated carbocycles. The van der Waals surface area contributed by atoms with Crippen LogP contribution < -0.4 is 0 Å². The van der Waals surface area contributed by atoms with Gasteiger partial charge in [0.25, 0.3) is 0 Å². The molecule has 54 heavy (non-hydrogen) atoms. The van der Waals surface area contributed by atoms with Gasteiger partial charge in [0.2, 0.25) is 0 Å². The van der Waals surface area contributed by atoms with Gasteiger partial charge in [0.05, 0.1) is 0 Å². The van der Waals surface area contributed by atoms with E-state index in [4.69, 9.17) is 9.47 Å². The normalized spacial score (nSPS) is 16.1. The van der Waals surface area contributed by atoms with E-state index in [1.165, 1.54) is 122 Å². The fourth-order valence-corrected chi connectivity index (χ4v) is 9.46. The molecule has 318 valence electrons. The highest BCUT2D eigenvalue weighted by atomic mass is 32.2. The van der Waals surface area contributed by atoms with Gasteiger partial charge >= 0.3 is 11.9 Å². The van der Waals surface area contributed by atoms with Crippen LogP contribution in [-0.2, 0) is 23.9 Å². The van der Waals surface area contributed by atoms with E-state index in [1.807, 2.05) is 0 Å². The van der Waals surface area contributed by atoms with Gasteiger partial charge in [-0.25, -0.2) is 0 Å². The zero-order chi connectivity index (χ0) is 39.5. The van der Waals surface area contributed by atoms with E-state index in [1.54, 1.807) is 11.8 Å². The minimum Gasteiger partial charge on any atom is -0.462 e. The van der Waals surface area contributed by atoms with E-state index in [0.29, 0.717) is 43.8 Å². The summed E-state index contributed by atoms with van der Waals surface area (Å²) in [4.78, 5) is 40.0. The van der Waals surface area contributed by atoms with Crippen molar-refractivity contribution in [1.29, 1.82) is 0 Å². The Kier molecular flexibility index (Phi) is 34.3. The molecule has 0 amide bonds. The molecule has 0 aliphatic heterocycles. The number of thioether (sulfide) groups is 1. The third-order valence-electron chi connectivity index (χ3n) is 12.0. The summed E-state index contributed by atoms with van der Waals surface area (Å²) in [5.74, 6) is 0.480. The van der Waals surface area contributed by atoms with Crippen molar-refractivity contribution in [2.24, 2.45) is 11.8 Å². The maximum atomic E-state index is 13.8. The summed E-state index contributed by atoms with van der Waals surface area (Å²) in [5, 5.41) is 0.675. The van der Waals surface area contributed by atoms with Crippen molar-refractivity contribution in [1.82, 2.24) is 0 Å². The lowest BCUT2D eigenvalue weighted by Crippen LogP contribution is -2.22. The molecule has 0 aromatic heterocycles. The molecule has 1 rings (SSSR count). The maximum absolute atomic E-state index is 13.8. The molecular weight excluding hydrogens is 689 g/mol. The van der Waals surface area contributed by atoms with E-state index in [0.717, 1.165) is 70.1 Å². The number of carbonyl (C=O) groups is 3. The lowest BCUT2D eigenvalue weighted by molar-refractivity contribution is -0.150. The predicted molar refractivity (Wildman–Crippen MR) is 233 cm³/mol. The van der Waals surface area contributed by atoms with Crippen LogP contribution in [0.1, 0.15) is 259 Å². The molecule has 0 N–H and O–H groups in total. The number of esters is 2. The smallest absolute Gasteiger partial charge is 0.306 e. The summed E-state index contributed by atoms with van der Waals surface area (Å²) in [5.41, 5.74) is 0. The van der Waals surface area contributed by atoms with Crippen LogP contribution in [0.5, 0.6) is 0 Å². The molecule has 1 aliphatic carbocycles. The van der Waals surface area contributed by atoms with Crippen LogP contribution in [-0.4, -0.2) is 34.5 Å². The van der Waals surface area contributed by atoms with Gasteiger partial charge in [-0.1, -0.05) is 156 Å². The van der Waals surface area contributed by atoms with Crippen molar-refractivity contribution in [3.05, 3.63) is 0 Å². The Morgan fingerprint density at radius 2 is 0.815 bits per heavy atom. The first-order valence-corrected chi connectivity index (χ1v) is 24.8. The Balaban J connectivity index is 2.73. The number of ether oxygens (including phenoxy) is 2. The molecule has 1 aliphatic rings. The van der Waals surface area contributed by atoms with E-state index >= 15 is 0 Å². The zero-order valence-corrected chi connectivity index (χ0v) is 37.4. The van der Waals surface area contributed by atoms with Crippen molar-refractivity contribution >= 4 is 28.8 Å². The minimum atomic E-state index is -0.125. The summed E-state index contributed by atoms with van der Waals surface area (Å²) < 4.78 is 12.2. The van der Waals surface area contributed by atoms with Crippen molar-refractivity contribution in [3.8, 4) is 0 Å². The second kappa shape index (κ2) is 36.3. The fraction of sp³-hybridized carbons (Fsp3) is 0.938. The van der Waals surface area contributed by atoms with Gasteiger partial charge in [0.15, 0.2) is 5.12 Å². The Bertz CT molecular complexity index is 804. The van der Waals surface area contributed by atoms with Crippen LogP contribution in [0.25, 0.3) is 0 Å². The van der Waals surface area contributed by atoms with Crippen LogP contribution >= 0.6 is 11.8 Å². The first-order valence-electron chi connectivity index (χ1n) is 24.0. The molecule has 0 spiro atoms. The highest BCUT2D eigenvalue weighted by molar-refractivity contribution is 8.14. The van der Waals surface area contributed by atoms with E-state index in [2.05, 4.69) is 34.6 Å². The highest BCUT2D eigenvalue weighted by Crippen LogP contribution is 2.36. The van der Waals surface area contributed by atoms with Crippen molar-refractivity contribution in [3.63, 3.8) is 0 Å². The third kappa shape index (κ3) is 28.4. The molecule has 0 saturated heterocycles.